The normalized spacial score (nSPS) is 10.5. The van der Waals surface area contributed by atoms with Crippen LogP contribution in [0.1, 0.15) is 23.1 Å². The number of nitrogens with one attached hydrogen (secondary N) is 1. The molecule has 0 aliphatic heterocycles. The molecule has 146 valence electrons. The molecule has 1 amide bonds. The van der Waals surface area contributed by atoms with Crippen molar-refractivity contribution in [3.05, 3.63) is 59.9 Å². The number of carbonyl (C=O) groups is 1. The predicted molar refractivity (Wildman–Crippen MR) is 108 cm³/mol. The molecule has 1 aromatic heterocycles. The number of carbonyl (C=O) groups excluding carboxylic acids is 1. The number of rotatable bonds is 8. The SMILES string of the molecule is CCOc1ccc(-n2c(CNC(=O)c3ccc(OC)cc3)nnc2SC)cc1. The van der Waals surface area contributed by atoms with Gasteiger partial charge in [0, 0.05) is 11.3 Å². The second kappa shape index (κ2) is 9.27. The van der Waals surface area contributed by atoms with E-state index in [1.807, 2.05) is 42.0 Å². The van der Waals surface area contributed by atoms with Gasteiger partial charge in [-0.05, 0) is 61.7 Å². The number of methoxy groups -OCH3 is 1. The molecule has 0 saturated carbocycles. The van der Waals surface area contributed by atoms with Crippen molar-refractivity contribution in [3.63, 3.8) is 0 Å². The van der Waals surface area contributed by atoms with Gasteiger partial charge in [-0.1, -0.05) is 11.8 Å². The van der Waals surface area contributed by atoms with Crippen LogP contribution in [-0.4, -0.2) is 40.6 Å². The van der Waals surface area contributed by atoms with Crippen molar-refractivity contribution < 1.29 is 14.3 Å². The van der Waals surface area contributed by atoms with Crippen molar-refractivity contribution in [2.45, 2.75) is 18.6 Å². The molecule has 0 fully saturated rings. The molecular formula is C20H22N4O3S. The monoisotopic (exact) mass is 398 g/mol. The minimum atomic E-state index is -0.186. The Morgan fingerprint density at radius 1 is 1.07 bits per heavy atom. The predicted octanol–water partition coefficient (Wildman–Crippen LogP) is 3.33. The van der Waals surface area contributed by atoms with Gasteiger partial charge in [0.25, 0.3) is 5.91 Å². The summed E-state index contributed by atoms with van der Waals surface area (Å²) in [5.74, 6) is 1.97. The van der Waals surface area contributed by atoms with Gasteiger partial charge in [0.1, 0.15) is 11.5 Å². The summed E-state index contributed by atoms with van der Waals surface area (Å²) in [5.41, 5.74) is 1.46. The maximum Gasteiger partial charge on any atom is 0.251 e. The largest absolute Gasteiger partial charge is 0.497 e. The molecule has 1 N–H and O–H groups in total. The third kappa shape index (κ3) is 4.45. The van der Waals surface area contributed by atoms with Gasteiger partial charge in [-0.2, -0.15) is 0 Å². The van der Waals surface area contributed by atoms with Gasteiger partial charge in [-0.3, -0.25) is 9.36 Å². The van der Waals surface area contributed by atoms with E-state index in [-0.39, 0.29) is 12.5 Å². The molecule has 0 aliphatic carbocycles. The number of aromatic nitrogens is 3. The molecule has 0 radical (unpaired) electrons. The molecule has 0 bridgehead atoms. The van der Waals surface area contributed by atoms with Gasteiger partial charge >= 0.3 is 0 Å². The zero-order chi connectivity index (χ0) is 19.9. The van der Waals surface area contributed by atoms with Crippen LogP contribution >= 0.6 is 11.8 Å². The van der Waals surface area contributed by atoms with Crippen molar-refractivity contribution in [2.75, 3.05) is 20.0 Å². The van der Waals surface area contributed by atoms with Crippen molar-refractivity contribution in [1.29, 1.82) is 0 Å². The molecule has 28 heavy (non-hydrogen) atoms. The Kier molecular flexibility index (Phi) is 6.54. The summed E-state index contributed by atoms with van der Waals surface area (Å²) in [6.45, 7) is 2.82. The Labute approximate surface area is 168 Å². The van der Waals surface area contributed by atoms with Gasteiger partial charge in [0.2, 0.25) is 0 Å². The highest BCUT2D eigenvalue weighted by Crippen LogP contribution is 2.22. The molecular weight excluding hydrogens is 376 g/mol. The van der Waals surface area contributed by atoms with E-state index >= 15 is 0 Å². The number of hydrogen-bond acceptors (Lipinski definition) is 6. The van der Waals surface area contributed by atoms with Crippen LogP contribution in [0.15, 0.2) is 53.7 Å². The number of hydrogen-bond donors (Lipinski definition) is 1. The molecule has 0 spiro atoms. The number of thioether (sulfide) groups is 1. The lowest BCUT2D eigenvalue weighted by molar-refractivity contribution is 0.0949. The molecule has 0 aliphatic rings. The van der Waals surface area contributed by atoms with Crippen molar-refractivity contribution in [2.24, 2.45) is 0 Å². The van der Waals surface area contributed by atoms with Crippen LogP contribution in [0.25, 0.3) is 5.69 Å². The summed E-state index contributed by atoms with van der Waals surface area (Å²) < 4.78 is 12.5. The Hall–Kier alpha value is -3.00. The fourth-order valence-electron chi connectivity index (χ4n) is 2.67. The van der Waals surface area contributed by atoms with E-state index in [0.29, 0.717) is 23.7 Å². The zero-order valence-corrected chi connectivity index (χ0v) is 16.8. The lowest BCUT2D eigenvalue weighted by Gasteiger charge is -2.11. The zero-order valence-electron chi connectivity index (χ0n) is 16.0. The van der Waals surface area contributed by atoms with Gasteiger partial charge in [0.05, 0.1) is 20.3 Å². The van der Waals surface area contributed by atoms with Crippen LogP contribution in [0, 0.1) is 0 Å². The molecule has 2 aromatic carbocycles. The summed E-state index contributed by atoms with van der Waals surface area (Å²) >= 11 is 1.49. The van der Waals surface area contributed by atoms with Gasteiger partial charge in [-0.25, -0.2) is 0 Å². The highest BCUT2D eigenvalue weighted by molar-refractivity contribution is 7.98. The highest BCUT2D eigenvalue weighted by atomic mass is 32.2. The molecule has 0 atom stereocenters. The van der Waals surface area contributed by atoms with E-state index in [1.54, 1.807) is 31.4 Å². The van der Waals surface area contributed by atoms with Crippen molar-refractivity contribution in [3.8, 4) is 17.2 Å². The first-order valence-electron chi connectivity index (χ1n) is 8.80. The smallest absolute Gasteiger partial charge is 0.251 e. The minimum Gasteiger partial charge on any atom is -0.497 e. The quantitative estimate of drug-likeness (QED) is 0.587. The number of ether oxygens (including phenoxy) is 2. The van der Waals surface area contributed by atoms with Gasteiger partial charge < -0.3 is 14.8 Å². The maximum atomic E-state index is 12.4. The van der Waals surface area contributed by atoms with Crippen molar-refractivity contribution >= 4 is 17.7 Å². The van der Waals surface area contributed by atoms with Gasteiger partial charge in [-0.15, -0.1) is 10.2 Å². The highest BCUT2D eigenvalue weighted by Gasteiger charge is 2.15. The second-order valence-corrected chi connectivity index (χ2v) is 6.55. The minimum absolute atomic E-state index is 0.186. The molecule has 7 nitrogen and oxygen atoms in total. The van der Waals surface area contributed by atoms with Gasteiger partial charge in [0.15, 0.2) is 11.0 Å². The third-order valence-electron chi connectivity index (χ3n) is 4.05. The number of benzene rings is 2. The van der Waals surface area contributed by atoms with E-state index < -0.39 is 0 Å². The van der Waals surface area contributed by atoms with Crippen LogP contribution in [0.3, 0.4) is 0 Å². The topological polar surface area (TPSA) is 78.3 Å². The third-order valence-corrected chi connectivity index (χ3v) is 4.68. The molecule has 3 aromatic rings. The lowest BCUT2D eigenvalue weighted by Crippen LogP contribution is -2.24. The Balaban J connectivity index is 1.77. The molecule has 8 heteroatoms. The molecule has 0 unspecified atom stereocenters. The summed E-state index contributed by atoms with van der Waals surface area (Å²) in [7, 11) is 1.59. The van der Waals surface area contributed by atoms with Crippen molar-refractivity contribution in [1.82, 2.24) is 20.1 Å². The van der Waals surface area contributed by atoms with E-state index in [0.717, 1.165) is 16.6 Å². The Morgan fingerprint density at radius 3 is 2.36 bits per heavy atom. The van der Waals surface area contributed by atoms with Crippen LogP contribution in [0.2, 0.25) is 0 Å². The molecule has 0 saturated heterocycles. The van der Waals surface area contributed by atoms with E-state index in [1.165, 1.54) is 11.8 Å². The average molecular weight is 398 g/mol. The second-order valence-electron chi connectivity index (χ2n) is 5.78. The first-order valence-corrected chi connectivity index (χ1v) is 10.0. The summed E-state index contributed by atoms with van der Waals surface area (Å²) in [6.07, 6.45) is 1.94. The van der Waals surface area contributed by atoms with Crippen LogP contribution in [0.5, 0.6) is 11.5 Å². The Bertz CT molecular complexity index is 924. The summed E-state index contributed by atoms with van der Waals surface area (Å²) in [5, 5.41) is 12.1. The fraction of sp³-hybridized carbons (Fsp3) is 0.250. The first-order chi connectivity index (χ1) is 13.7. The number of nitrogens with zero attached hydrogens (tertiary/aromatic N) is 3. The standard InChI is InChI=1S/C20H22N4O3S/c1-4-27-17-11-7-15(8-12-17)24-18(22-23-20(24)28-3)13-21-19(25)14-5-9-16(26-2)10-6-14/h5-12H,4,13H2,1-3H3,(H,21,25). The molecule has 1 heterocycles. The Morgan fingerprint density at radius 2 is 1.75 bits per heavy atom. The average Bonchev–Trinajstić information content (AvgIpc) is 3.16. The fourth-order valence-corrected chi connectivity index (χ4v) is 3.18. The first kappa shape index (κ1) is 19.8. The van der Waals surface area contributed by atoms with Crippen LogP contribution in [0.4, 0.5) is 0 Å². The number of amides is 1. The molecule has 3 rings (SSSR count). The van der Waals surface area contributed by atoms with E-state index in [2.05, 4.69) is 15.5 Å². The van der Waals surface area contributed by atoms with E-state index in [9.17, 15) is 4.79 Å². The van der Waals surface area contributed by atoms with E-state index in [4.69, 9.17) is 9.47 Å². The maximum absolute atomic E-state index is 12.4. The lowest BCUT2D eigenvalue weighted by atomic mass is 10.2. The summed E-state index contributed by atoms with van der Waals surface area (Å²) in [6, 6.07) is 14.7. The van der Waals surface area contributed by atoms with Crippen LogP contribution in [-0.2, 0) is 6.54 Å². The summed E-state index contributed by atoms with van der Waals surface area (Å²) in [4.78, 5) is 12.4. The van der Waals surface area contributed by atoms with Crippen LogP contribution < -0.4 is 14.8 Å².